The third-order valence-corrected chi connectivity index (χ3v) is 4.30. The summed E-state index contributed by atoms with van der Waals surface area (Å²) in [6, 6.07) is 7.02. The van der Waals surface area contributed by atoms with Gasteiger partial charge in [-0.2, -0.15) is 0 Å². The van der Waals surface area contributed by atoms with Gasteiger partial charge in [0.15, 0.2) is 0 Å². The van der Waals surface area contributed by atoms with Crippen molar-refractivity contribution in [2.24, 2.45) is 0 Å². The Morgan fingerprint density at radius 3 is 2.16 bits per heavy atom. The number of halogens is 1. The predicted molar refractivity (Wildman–Crippen MR) is 73.4 cm³/mol. The maximum Gasteiger partial charge on any atom is 0.337 e. The smallest absolute Gasteiger partial charge is 0.337 e. The van der Waals surface area contributed by atoms with E-state index in [0.717, 1.165) is 37.7 Å². The summed E-state index contributed by atoms with van der Waals surface area (Å²) in [5, 5.41) is -0.294. The lowest BCUT2D eigenvalue weighted by Gasteiger charge is -2.34. The van der Waals surface area contributed by atoms with Crippen LogP contribution in [0.4, 0.5) is 0 Å². The van der Waals surface area contributed by atoms with Crippen molar-refractivity contribution in [2.75, 3.05) is 7.11 Å². The van der Waals surface area contributed by atoms with Gasteiger partial charge in [-0.25, -0.2) is 4.79 Å². The second-order valence-corrected chi connectivity index (χ2v) is 5.33. The maximum atomic E-state index is 11.9. The number of methoxy groups -OCH3 is 1. The number of esters is 1. The normalized spacial score (nSPS) is 17.8. The average molecular weight is 281 g/mol. The number of ether oxygens (including phenoxy) is 1. The van der Waals surface area contributed by atoms with Gasteiger partial charge >= 0.3 is 5.97 Å². The Morgan fingerprint density at radius 2 is 1.68 bits per heavy atom. The minimum absolute atomic E-state index is 0.294. The topological polar surface area (TPSA) is 43.4 Å². The summed E-state index contributed by atoms with van der Waals surface area (Å²) in [7, 11) is 1.35. The second-order valence-electron chi connectivity index (χ2n) is 4.99. The molecule has 0 N–H and O–H groups in total. The second kappa shape index (κ2) is 5.74. The molecule has 0 atom stereocenters. The quantitative estimate of drug-likeness (QED) is 0.629. The molecule has 1 aliphatic carbocycles. The molecule has 1 fully saturated rings. The molecular formula is C15H17ClO3. The van der Waals surface area contributed by atoms with Crippen molar-refractivity contribution in [3.63, 3.8) is 0 Å². The highest BCUT2D eigenvalue weighted by Crippen LogP contribution is 2.41. The van der Waals surface area contributed by atoms with E-state index in [2.05, 4.69) is 4.74 Å². The van der Waals surface area contributed by atoms with Crippen LogP contribution in [0.5, 0.6) is 0 Å². The van der Waals surface area contributed by atoms with Gasteiger partial charge in [0.2, 0.25) is 5.24 Å². The molecule has 0 spiro atoms. The maximum absolute atomic E-state index is 11.9. The number of benzene rings is 1. The molecule has 4 heteroatoms. The van der Waals surface area contributed by atoms with Crippen molar-refractivity contribution in [3.8, 4) is 0 Å². The zero-order valence-electron chi connectivity index (χ0n) is 10.9. The first-order chi connectivity index (χ1) is 9.10. The van der Waals surface area contributed by atoms with E-state index in [1.165, 1.54) is 7.11 Å². The minimum Gasteiger partial charge on any atom is -0.465 e. The molecule has 0 aliphatic heterocycles. The Labute approximate surface area is 117 Å². The molecule has 0 heterocycles. The minimum atomic E-state index is -0.575. The zero-order valence-corrected chi connectivity index (χ0v) is 11.7. The van der Waals surface area contributed by atoms with Crippen LogP contribution in [-0.2, 0) is 14.9 Å². The van der Waals surface area contributed by atoms with E-state index in [1.807, 2.05) is 12.1 Å². The van der Waals surface area contributed by atoms with Gasteiger partial charge < -0.3 is 4.74 Å². The van der Waals surface area contributed by atoms with Gasteiger partial charge in [0.05, 0.1) is 18.1 Å². The summed E-state index contributed by atoms with van der Waals surface area (Å²) < 4.78 is 4.66. The number of rotatable bonds is 3. The number of carbonyl (C=O) groups excluding carboxylic acids is 2. The first-order valence-electron chi connectivity index (χ1n) is 6.49. The van der Waals surface area contributed by atoms with Gasteiger partial charge in [0.1, 0.15) is 0 Å². The number of hydrogen-bond acceptors (Lipinski definition) is 3. The summed E-state index contributed by atoms with van der Waals surface area (Å²) in [5.74, 6) is -0.374. The fourth-order valence-electron chi connectivity index (χ4n) is 2.80. The summed E-state index contributed by atoms with van der Waals surface area (Å²) >= 11 is 5.85. The largest absolute Gasteiger partial charge is 0.465 e. The number of hydrogen-bond donors (Lipinski definition) is 0. The monoisotopic (exact) mass is 280 g/mol. The van der Waals surface area contributed by atoms with E-state index in [0.29, 0.717) is 5.56 Å². The third kappa shape index (κ3) is 2.66. The predicted octanol–water partition coefficient (Wildman–Crippen LogP) is 3.44. The van der Waals surface area contributed by atoms with Gasteiger partial charge in [0, 0.05) is 0 Å². The highest BCUT2D eigenvalue weighted by atomic mass is 35.5. The van der Waals surface area contributed by atoms with Crippen LogP contribution >= 0.6 is 11.6 Å². The molecule has 1 aliphatic rings. The lowest BCUT2D eigenvalue weighted by Crippen LogP contribution is -2.35. The van der Waals surface area contributed by atoms with Crippen molar-refractivity contribution < 1.29 is 14.3 Å². The summed E-state index contributed by atoms with van der Waals surface area (Å²) in [6.45, 7) is 0. The van der Waals surface area contributed by atoms with Gasteiger partial charge in [-0.15, -0.1) is 0 Å². The van der Waals surface area contributed by atoms with Crippen LogP contribution in [0.15, 0.2) is 24.3 Å². The third-order valence-electron chi connectivity index (χ3n) is 3.94. The lowest BCUT2D eigenvalue weighted by molar-refractivity contribution is -0.117. The van der Waals surface area contributed by atoms with Crippen molar-refractivity contribution in [2.45, 2.75) is 37.5 Å². The van der Waals surface area contributed by atoms with E-state index < -0.39 is 5.41 Å². The lowest BCUT2D eigenvalue weighted by atomic mass is 9.70. The van der Waals surface area contributed by atoms with Crippen LogP contribution in [0.1, 0.15) is 48.0 Å². The Balaban J connectivity index is 2.33. The Kier molecular flexibility index (Phi) is 4.25. The Morgan fingerprint density at radius 1 is 1.11 bits per heavy atom. The molecule has 0 unspecified atom stereocenters. The fourth-order valence-corrected chi connectivity index (χ4v) is 3.10. The van der Waals surface area contributed by atoms with Crippen LogP contribution in [0.2, 0.25) is 0 Å². The molecule has 3 nitrogen and oxygen atoms in total. The van der Waals surface area contributed by atoms with E-state index in [1.54, 1.807) is 12.1 Å². The van der Waals surface area contributed by atoms with Gasteiger partial charge in [0.25, 0.3) is 0 Å². The molecule has 0 amide bonds. The molecule has 0 saturated heterocycles. The molecule has 102 valence electrons. The standard InChI is InChI=1S/C15H17ClO3/c1-19-13(17)11-5-7-12(8-6-11)15(14(16)18)9-3-2-4-10-15/h5-8H,2-4,9-10H2,1H3. The molecule has 19 heavy (non-hydrogen) atoms. The summed E-state index contributed by atoms with van der Waals surface area (Å²) in [6.07, 6.45) is 4.74. The highest BCUT2D eigenvalue weighted by molar-refractivity contribution is 6.65. The van der Waals surface area contributed by atoms with Gasteiger partial charge in [-0.05, 0) is 42.1 Å². The molecule has 0 bridgehead atoms. The van der Waals surface area contributed by atoms with E-state index in [-0.39, 0.29) is 11.2 Å². The van der Waals surface area contributed by atoms with Crippen molar-refractivity contribution in [1.29, 1.82) is 0 Å². The summed E-state index contributed by atoms with van der Waals surface area (Å²) in [4.78, 5) is 23.3. The zero-order chi connectivity index (χ0) is 13.9. The van der Waals surface area contributed by atoms with Crippen LogP contribution in [0, 0.1) is 0 Å². The van der Waals surface area contributed by atoms with Gasteiger partial charge in [-0.3, -0.25) is 4.79 Å². The van der Waals surface area contributed by atoms with Crippen molar-refractivity contribution in [1.82, 2.24) is 0 Å². The van der Waals surface area contributed by atoms with Crippen LogP contribution < -0.4 is 0 Å². The molecular weight excluding hydrogens is 264 g/mol. The van der Waals surface area contributed by atoms with Crippen molar-refractivity contribution >= 4 is 22.8 Å². The highest BCUT2D eigenvalue weighted by Gasteiger charge is 2.39. The SMILES string of the molecule is COC(=O)c1ccc(C2(C(=O)Cl)CCCCC2)cc1. The average Bonchev–Trinajstić information content (AvgIpc) is 2.47. The molecule has 1 aromatic carbocycles. The summed E-state index contributed by atoms with van der Waals surface area (Å²) in [5.41, 5.74) is 0.813. The van der Waals surface area contributed by atoms with Crippen molar-refractivity contribution in [3.05, 3.63) is 35.4 Å². The van der Waals surface area contributed by atoms with Gasteiger partial charge in [-0.1, -0.05) is 31.4 Å². The van der Waals surface area contributed by atoms with Crippen LogP contribution in [-0.4, -0.2) is 18.3 Å². The molecule has 0 aromatic heterocycles. The first kappa shape index (κ1) is 14.1. The Hall–Kier alpha value is -1.35. The molecule has 0 radical (unpaired) electrons. The molecule has 1 saturated carbocycles. The number of carbonyl (C=O) groups is 2. The van der Waals surface area contributed by atoms with E-state index >= 15 is 0 Å². The molecule has 1 aromatic rings. The first-order valence-corrected chi connectivity index (χ1v) is 6.87. The Bertz CT molecular complexity index is 473. The van der Waals surface area contributed by atoms with Crippen LogP contribution in [0.25, 0.3) is 0 Å². The van der Waals surface area contributed by atoms with Crippen LogP contribution in [0.3, 0.4) is 0 Å². The molecule has 2 rings (SSSR count). The van der Waals surface area contributed by atoms with E-state index in [4.69, 9.17) is 11.6 Å². The fraction of sp³-hybridized carbons (Fsp3) is 0.467. The van der Waals surface area contributed by atoms with E-state index in [9.17, 15) is 9.59 Å².